The van der Waals surface area contributed by atoms with E-state index in [1.165, 1.54) is 0 Å². The third-order valence-corrected chi connectivity index (χ3v) is 7.17. The third kappa shape index (κ3) is 4.72. The van der Waals surface area contributed by atoms with Crippen molar-refractivity contribution in [1.82, 2.24) is 24.9 Å². The van der Waals surface area contributed by atoms with Crippen LogP contribution in [0, 0.1) is 0 Å². The van der Waals surface area contributed by atoms with Gasteiger partial charge < -0.3 is 24.4 Å². The molecule has 35 heavy (non-hydrogen) atoms. The lowest BCUT2D eigenvalue weighted by atomic mass is 10.0. The number of methoxy groups -OCH3 is 1. The van der Waals surface area contributed by atoms with Crippen LogP contribution in [0.3, 0.4) is 0 Å². The van der Waals surface area contributed by atoms with E-state index >= 15 is 0 Å². The summed E-state index contributed by atoms with van der Waals surface area (Å²) in [4.78, 5) is 30.7. The Morgan fingerprint density at radius 2 is 2.09 bits per heavy atom. The van der Waals surface area contributed by atoms with Gasteiger partial charge in [0.2, 0.25) is 6.79 Å². The zero-order valence-electron chi connectivity index (χ0n) is 20.4. The van der Waals surface area contributed by atoms with Gasteiger partial charge in [-0.05, 0) is 44.1 Å². The standard InChI is InChI=1S/C25H33N5O5/c1-3-28-9-4-5-18(28)14-26-24(31)23-19-15-29(10-8-20(19)30(27-23)11-12-33-2)25(32)17-6-7-21-22(13-17)35-16-34-21/h6-7,13,18H,3-5,8-12,14-16H2,1-2H3,(H,26,31). The summed E-state index contributed by atoms with van der Waals surface area (Å²) < 4.78 is 17.9. The molecule has 0 radical (unpaired) electrons. The molecule has 0 aliphatic carbocycles. The average molecular weight is 484 g/mol. The molecule has 1 aromatic carbocycles. The molecule has 1 N–H and O–H groups in total. The van der Waals surface area contributed by atoms with Crippen molar-refractivity contribution in [2.45, 2.75) is 45.3 Å². The number of rotatable bonds is 8. The summed E-state index contributed by atoms with van der Waals surface area (Å²) in [7, 11) is 1.65. The number of likely N-dealkylation sites (N-methyl/N-ethyl adjacent to an activating group) is 1. The molecule has 188 valence electrons. The van der Waals surface area contributed by atoms with E-state index in [2.05, 4.69) is 22.2 Å². The molecule has 0 spiro atoms. The van der Waals surface area contributed by atoms with Gasteiger partial charge in [-0.3, -0.25) is 19.2 Å². The van der Waals surface area contributed by atoms with Crippen molar-refractivity contribution in [2.24, 2.45) is 0 Å². The first kappa shape index (κ1) is 23.6. The maximum atomic E-state index is 13.3. The number of amides is 2. The molecule has 2 aromatic rings. The lowest BCUT2D eigenvalue weighted by Gasteiger charge is -2.28. The molecule has 1 fully saturated rings. The Labute approximate surface area is 205 Å². The van der Waals surface area contributed by atoms with Crippen molar-refractivity contribution >= 4 is 11.8 Å². The molecule has 1 aromatic heterocycles. The monoisotopic (exact) mass is 483 g/mol. The number of hydrogen-bond donors (Lipinski definition) is 1. The van der Waals surface area contributed by atoms with Gasteiger partial charge in [-0.15, -0.1) is 0 Å². The van der Waals surface area contributed by atoms with Crippen LogP contribution in [0.1, 0.15) is 51.9 Å². The van der Waals surface area contributed by atoms with Crippen molar-refractivity contribution in [3.8, 4) is 11.5 Å². The van der Waals surface area contributed by atoms with Crippen molar-refractivity contribution in [1.29, 1.82) is 0 Å². The van der Waals surface area contributed by atoms with Crippen LogP contribution in [-0.4, -0.2) is 84.1 Å². The number of hydrogen-bond acceptors (Lipinski definition) is 7. The van der Waals surface area contributed by atoms with Crippen LogP contribution >= 0.6 is 0 Å². The van der Waals surface area contributed by atoms with Crippen molar-refractivity contribution in [2.75, 3.05) is 46.7 Å². The van der Waals surface area contributed by atoms with Crippen LogP contribution in [0.5, 0.6) is 11.5 Å². The third-order valence-electron chi connectivity index (χ3n) is 7.17. The van der Waals surface area contributed by atoms with E-state index < -0.39 is 0 Å². The lowest BCUT2D eigenvalue weighted by molar-refractivity contribution is 0.0729. The van der Waals surface area contributed by atoms with Crippen LogP contribution in [0.4, 0.5) is 0 Å². The van der Waals surface area contributed by atoms with Crippen LogP contribution in [-0.2, 0) is 24.2 Å². The molecule has 3 aliphatic heterocycles. The van der Waals surface area contributed by atoms with Gasteiger partial charge in [-0.2, -0.15) is 5.10 Å². The first-order valence-corrected chi connectivity index (χ1v) is 12.4. The maximum Gasteiger partial charge on any atom is 0.272 e. The van der Waals surface area contributed by atoms with E-state index in [9.17, 15) is 9.59 Å². The second kappa shape index (κ2) is 10.2. The van der Waals surface area contributed by atoms with Gasteiger partial charge >= 0.3 is 0 Å². The summed E-state index contributed by atoms with van der Waals surface area (Å²) in [6.07, 6.45) is 2.88. The summed E-state index contributed by atoms with van der Waals surface area (Å²) in [6.45, 7) is 6.93. The molecule has 10 heteroatoms. The highest BCUT2D eigenvalue weighted by Gasteiger charge is 2.32. The van der Waals surface area contributed by atoms with E-state index in [0.29, 0.717) is 68.0 Å². The average Bonchev–Trinajstić information content (AvgIpc) is 3.62. The summed E-state index contributed by atoms with van der Waals surface area (Å²) in [5.74, 6) is 0.936. The second-order valence-corrected chi connectivity index (χ2v) is 9.17. The molecule has 1 saturated heterocycles. The number of aromatic nitrogens is 2. The molecular formula is C25H33N5O5. The molecule has 0 bridgehead atoms. The van der Waals surface area contributed by atoms with Gasteiger partial charge in [0.25, 0.3) is 11.8 Å². The lowest BCUT2D eigenvalue weighted by Crippen LogP contribution is -2.41. The van der Waals surface area contributed by atoms with Crippen molar-refractivity contribution in [3.05, 3.63) is 40.7 Å². The van der Waals surface area contributed by atoms with Crippen LogP contribution in [0.15, 0.2) is 18.2 Å². The minimum atomic E-state index is -0.183. The molecule has 1 unspecified atom stereocenters. The van der Waals surface area contributed by atoms with Crippen LogP contribution in [0.25, 0.3) is 0 Å². The zero-order chi connectivity index (χ0) is 24.4. The first-order valence-electron chi connectivity index (χ1n) is 12.4. The fourth-order valence-electron chi connectivity index (χ4n) is 5.26. The first-order chi connectivity index (χ1) is 17.1. The predicted molar refractivity (Wildman–Crippen MR) is 128 cm³/mol. The fourth-order valence-corrected chi connectivity index (χ4v) is 5.26. The van der Waals surface area contributed by atoms with E-state index in [4.69, 9.17) is 14.2 Å². The topological polar surface area (TPSA) is 98.2 Å². The highest BCUT2D eigenvalue weighted by atomic mass is 16.7. The largest absolute Gasteiger partial charge is 0.454 e. The summed E-state index contributed by atoms with van der Waals surface area (Å²) in [6, 6.07) is 5.59. The number of likely N-dealkylation sites (tertiary alicyclic amines) is 1. The quantitative estimate of drug-likeness (QED) is 0.610. The second-order valence-electron chi connectivity index (χ2n) is 9.17. The Hall–Kier alpha value is -3.11. The maximum absolute atomic E-state index is 13.3. The van der Waals surface area contributed by atoms with Gasteiger partial charge in [-0.25, -0.2) is 0 Å². The van der Waals surface area contributed by atoms with E-state index in [0.717, 1.165) is 37.2 Å². The minimum absolute atomic E-state index is 0.102. The molecule has 4 heterocycles. The number of carbonyl (C=O) groups is 2. The highest BCUT2D eigenvalue weighted by Crippen LogP contribution is 2.33. The Kier molecular flexibility index (Phi) is 6.92. The summed E-state index contributed by atoms with van der Waals surface area (Å²) in [5.41, 5.74) is 2.76. The van der Waals surface area contributed by atoms with E-state index in [-0.39, 0.29) is 18.6 Å². The van der Waals surface area contributed by atoms with E-state index in [1.54, 1.807) is 30.2 Å². The molecule has 5 rings (SSSR count). The van der Waals surface area contributed by atoms with Gasteiger partial charge in [0, 0.05) is 49.5 Å². The zero-order valence-corrected chi connectivity index (χ0v) is 20.4. The van der Waals surface area contributed by atoms with Crippen LogP contribution in [0.2, 0.25) is 0 Å². The number of nitrogens with one attached hydrogen (secondary N) is 1. The molecule has 2 amide bonds. The van der Waals surface area contributed by atoms with Gasteiger partial charge in [0.1, 0.15) is 0 Å². The summed E-state index contributed by atoms with van der Waals surface area (Å²) >= 11 is 0. The SMILES string of the molecule is CCN1CCCC1CNC(=O)c1nn(CCOC)c2c1CN(C(=O)c1ccc3c(c1)OCO3)CC2. The smallest absolute Gasteiger partial charge is 0.272 e. The molecule has 3 aliphatic rings. The number of carbonyl (C=O) groups excluding carboxylic acids is 2. The molecular weight excluding hydrogens is 450 g/mol. The van der Waals surface area contributed by atoms with Gasteiger partial charge in [-0.1, -0.05) is 6.92 Å². The molecule has 0 saturated carbocycles. The van der Waals surface area contributed by atoms with Crippen LogP contribution < -0.4 is 14.8 Å². The number of benzene rings is 1. The normalized spacial score (nSPS) is 19.1. The van der Waals surface area contributed by atoms with Gasteiger partial charge in [0.05, 0.1) is 19.7 Å². The Bertz CT molecular complexity index is 1100. The number of fused-ring (bicyclic) bond motifs is 2. The van der Waals surface area contributed by atoms with Gasteiger partial charge in [0.15, 0.2) is 17.2 Å². The van der Waals surface area contributed by atoms with Crippen molar-refractivity contribution in [3.63, 3.8) is 0 Å². The Morgan fingerprint density at radius 3 is 2.91 bits per heavy atom. The summed E-state index contributed by atoms with van der Waals surface area (Å²) in [5, 5.41) is 7.77. The van der Waals surface area contributed by atoms with E-state index in [1.807, 2.05) is 4.68 Å². The number of nitrogens with zero attached hydrogens (tertiary/aromatic N) is 4. The molecule has 1 atom stereocenters. The Balaban J connectivity index is 1.34. The minimum Gasteiger partial charge on any atom is -0.454 e. The fraction of sp³-hybridized carbons (Fsp3) is 0.560. The highest BCUT2D eigenvalue weighted by molar-refractivity contribution is 5.96. The molecule has 10 nitrogen and oxygen atoms in total. The Morgan fingerprint density at radius 1 is 1.23 bits per heavy atom. The van der Waals surface area contributed by atoms with Crippen molar-refractivity contribution < 1.29 is 23.8 Å². The predicted octanol–water partition coefficient (Wildman–Crippen LogP) is 1.67. The number of ether oxygens (including phenoxy) is 3.